The fourth-order valence-electron chi connectivity index (χ4n) is 2.64. The Bertz CT molecular complexity index is 596. The van der Waals surface area contributed by atoms with E-state index in [-0.39, 0.29) is 23.7 Å². The second kappa shape index (κ2) is 5.66. The van der Waals surface area contributed by atoms with Crippen LogP contribution in [0, 0.1) is 6.92 Å². The SMILES string of the molecule is COC1COC2C(OS(=O)(=O)c3ccc(C)cc3)COC12. The fourth-order valence-corrected chi connectivity index (χ4v) is 3.71. The number of aryl methyl sites for hydroxylation is 1. The van der Waals surface area contributed by atoms with E-state index in [0.29, 0.717) is 6.61 Å². The maximum absolute atomic E-state index is 12.3. The quantitative estimate of drug-likeness (QED) is 0.768. The molecule has 2 heterocycles. The summed E-state index contributed by atoms with van der Waals surface area (Å²) in [6.45, 7) is 2.46. The molecule has 0 radical (unpaired) electrons. The second-order valence-corrected chi connectivity index (χ2v) is 6.84. The zero-order chi connectivity index (χ0) is 15.0. The van der Waals surface area contributed by atoms with Crippen molar-refractivity contribution < 1.29 is 26.8 Å². The van der Waals surface area contributed by atoms with E-state index in [9.17, 15) is 8.42 Å². The number of fused-ring (bicyclic) bond motifs is 1. The van der Waals surface area contributed by atoms with Gasteiger partial charge in [0.1, 0.15) is 24.4 Å². The van der Waals surface area contributed by atoms with Crippen LogP contribution in [-0.2, 0) is 28.5 Å². The number of rotatable bonds is 4. The maximum atomic E-state index is 12.3. The minimum Gasteiger partial charge on any atom is -0.376 e. The molecule has 0 aliphatic carbocycles. The highest BCUT2D eigenvalue weighted by atomic mass is 32.2. The topological polar surface area (TPSA) is 71.1 Å². The van der Waals surface area contributed by atoms with E-state index in [0.717, 1.165) is 5.56 Å². The van der Waals surface area contributed by atoms with Crippen molar-refractivity contribution in [1.29, 1.82) is 0 Å². The van der Waals surface area contributed by atoms with Gasteiger partial charge in [0.2, 0.25) is 0 Å². The second-order valence-electron chi connectivity index (χ2n) is 5.27. The fraction of sp³-hybridized carbons (Fsp3) is 0.571. The molecule has 6 nitrogen and oxygen atoms in total. The summed E-state index contributed by atoms with van der Waals surface area (Å²) in [5.74, 6) is 0. The van der Waals surface area contributed by atoms with Crippen molar-refractivity contribution >= 4 is 10.1 Å². The largest absolute Gasteiger partial charge is 0.376 e. The molecule has 3 rings (SSSR count). The van der Waals surface area contributed by atoms with Gasteiger partial charge in [-0.15, -0.1) is 0 Å². The summed E-state index contributed by atoms with van der Waals surface area (Å²) >= 11 is 0. The summed E-state index contributed by atoms with van der Waals surface area (Å²) in [6.07, 6.45) is -1.49. The summed E-state index contributed by atoms with van der Waals surface area (Å²) in [7, 11) is -2.24. The smallest absolute Gasteiger partial charge is 0.297 e. The summed E-state index contributed by atoms with van der Waals surface area (Å²) < 4.78 is 46.2. The van der Waals surface area contributed by atoms with E-state index < -0.39 is 22.3 Å². The molecule has 2 saturated heterocycles. The Morgan fingerprint density at radius 3 is 2.24 bits per heavy atom. The molecule has 1 aromatic carbocycles. The van der Waals surface area contributed by atoms with Crippen LogP contribution < -0.4 is 0 Å². The summed E-state index contributed by atoms with van der Waals surface area (Å²) in [6, 6.07) is 6.53. The van der Waals surface area contributed by atoms with Crippen molar-refractivity contribution in [2.24, 2.45) is 0 Å². The normalized spacial score (nSPS) is 32.3. The van der Waals surface area contributed by atoms with Crippen LogP contribution in [0.3, 0.4) is 0 Å². The van der Waals surface area contributed by atoms with Crippen LogP contribution in [0.2, 0.25) is 0 Å². The Morgan fingerprint density at radius 2 is 1.62 bits per heavy atom. The third-order valence-corrected chi connectivity index (χ3v) is 5.18. The van der Waals surface area contributed by atoms with Crippen LogP contribution in [0.1, 0.15) is 5.56 Å². The Morgan fingerprint density at radius 1 is 1.05 bits per heavy atom. The zero-order valence-electron chi connectivity index (χ0n) is 11.9. The Balaban J connectivity index is 1.73. The molecule has 4 atom stereocenters. The lowest BCUT2D eigenvalue weighted by atomic mass is 10.1. The highest BCUT2D eigenvalue weighted by Crippen LogP contribution is 2.31. The molecule has 0 saturated carbocycles. The van der Waals surface area contributed by atoms with Crippen LogP contribution >= 0.6 is 0 Å². The van der Waals surface area contributed by atoms with Crippen molar-refractivity contribution in [2.75, 3.05) is 20.3 Å². The first-order valence-corrected chi connectivity index (χ1v) is 8.18. The predicted molar refractivity (Wildman–Crippen MR) is 73.5 cm³/mol. The molecule has 2 aliphatic rings. The molecule has 21 heavy (non-hydrogen) atoms. The van der Waals surface area contributed by atoms with Gasteiger partial charge in [-0.25, -0.2) is 0 Å². The van der Waals surface area contributed by atoms with E-state index in [2.05, 4.69) is 0 Å². The molecule has 116 valence electrons. The molecule has 4 unspecified atom stereocenters. The standard InChI is InChI=1S/C14H18O6S/c1-9-3-5-10(6-4-9)21(15,16)20-12-8-19-13-11(17-2)7-18-14(12)13/h3-6,11-14H,7-8H2,1-2H3. The molecule has 2 aliphatic heterocycles. The molecule has 0 N–H and O–H groups in total. The van der Waals surface area contributed by atoms with Gasteiger partial charge >= 0.3 is 0 Å². The first kappa shape index (κ1) is 14.9. The van der Waals surface area contributed by atoms with Gasteiger partial charge in [0.05, 0.1) is 18.1 Å². The molecule has 0 aromatic heterocycles. The lowest BCUT2D eigenvalue weighted by Crippen LogP contribution is -2.34. The Labute approximate surface area is 124 Å². The minimum absolute atomic E-state index is 0.137. The van der Waals surface area contributed by atoms with E-state index in [1.165, 1.54) is 12.1 Å². The summed E-state index contributed by atoms with van der Waals surface area (Å²) in [5, 5.41) is 0. The van der Waals surface area contributed by atoms with Gasteiger partial charge < -0.3 is 14.2 Å². The Hall–Kier alpha value is -0.990. The molecule has 0 amide bonds. The number of benzene rings is 1. The highest BCUT2D eigenvalue weighted by molar-refractivity contribution is 7.86. The van der Waals surface area contributed by atoms with Crippen LogP contribution in [0.4, 0.5) is 0 Å². The monoisotopic (exact) mass is 314 g/mol. The lowest BCUT2D eigenvalue weighted by molar-refractivity contribution is -0.0133. The summed E-state index contributed by atoms with van der Waals surface area (Å²) in [5.41, 5.74) is 0.986. The van der Waals surface area contributed by atoms with Crippen molar-refractivity contribution in [3.63, 3.8) is 0 Å². The van der Waals surface area contributed by atoms with Gasteiger partial charge in [-0.2, -0.15) is 8.42 Å². The van der Waals surface area contributed by atoms with E-state index >= 15 is 0 Å². The van der Waals surface area contributed by atoms with Crippen molar-refractivity contribution in [1.82, 2.24) is 0 Å². The molecule has 2 fully saturated rings. The number of hydrogen-bond donors (Lipinski definition) is 0. The molecular weight excluding hydrogens is 296 g/mol. The number of hydrogen-bond acceptors (Lipinski definition) is 6. The van der Waals surface area contributed by atoms with Crippen LogP contribution in [0.5, 0.6) is 0 Å². The van der Waals surface area contributed by atoms with Gasteiger partial charge in [0.25, 0.3) is 10.1 Å². The minimum atomic E-state index is -3.82. The van der Waals surface area contributed by atoms with E-state index in [1.54, 1.807) is 19.2 Å². The Kier molecular flexibility index (Phi) is 4.02. The third-order valence-electron chi connectivity index (χ3n) is 3.83. The van der Waals surface area contributed by atoms with Crippen molar-refractivity contribution in [2.45, 2.75) is 36.2 Å². The first-order chi connectivity index (χ1) is 10.0. The van der Waals surface area contributed by atoms with Gasteiger partial charge in [0.15, 0.2) is 0 Å². The predicted octanol–water partition coefficient (Wildman–Crippen LogP) is 0.882. The zero-order valence-corrected chi connectivity index (χ0v) is 12.7. The molecule has 7 heteroatoms. The van der Waals surface area contributed by atoms with Crippen LogP contribution in [0.15, 0.2) is 29.2 Å². The third kappa shape index (κ3) is 2.84. The molecular formula is C14H18O6S. The summed E-state index contributed by atoms with van der Waals surface area (Å²) in [4.78, 5) is 0.137. The number of methoxy groups -OCH3 is 1. The van der Waals surface area contributed by atoms with Crippen molar-refractivity contribution in [3.8, 4) is 0 Å². The molecule has 1 aromatic rings. The van der Waals surface area contributed by atoms with E-state index in [4.69, 9.17) is 18.4 Å². The first-order valence-electron chi connectivity index (χ1n) is 6.77. The van der Waals surface area contributed by atoms with Crippen LogP contribution in [-0.4, -0.2) is 53.2 Å². The van der Waals surface area contributed by atoms with Gasteiger partial charge in [-0.1, -0.05) is 17.7 Å². The maximum Gasteiger partial charge on any atom is 0.297 e. The van der Waals surface area contributed by atoms with Gasteiger partial charge in [-0.05, 0) is 19.1 Å². The van der Waals surface area contributed by atoms with E-state index in [1.807, 2.05) is 6.92 Å². The van der Waals surface area contributed by atoms with Crippen molar-refractivity contribution in [3.05, 3.63) is 29.8 Å². The molecule has 0 spiro atoms. The number of ether oxygens (including phenoxy) is 3. The average molecular weight is 314 g/mol. The average Bonchev–Trinajstić information content (AvgIpc) is 3.02. The molecule has 0 bridgehead atoms. The van der Waals surface area contributed by atoms with Gasteiger partial charge in [-0.3, -0.25) is 4.18 Å². The highest BCUT2D eigenvalue weighted by Gasteiger charge is 2.50. The van der Waals surface area contributed by atoms with Crippen LogP contribution in [0.25, 0.3) is 0 Å². The van der Waals surface area contributed by atoms with Gasteiger partial charge in [0, 0.05) is 7.11 Å². The lowest BCUT2D eigenvalue weighted by Gasteiger charge is -2.16.